The predicted molar refractivity (Wildman–Crippen MR) is 47.7 cm³/mol. The van der Waals surface area contributed by atoms with Crippen molar-refractivity contribution in [3.8, 4) is 0 Å². The summed E-state index contributed by atoms with van der Waals surface area (Å²) in [6, 6.07) is 4.17. The molecule has 72 valence electrons. The molecule has 0 saturated carbocycles. The maximum atomic E-state index is 8.89. The highest BCUT2D eigenvalue weighted by Gasteiger charge is 1.92. The first-order valence-corrected chi connectivity index (χ1v) is 4.19. The van der Waals surface area contributed by atoms with Crippen LogP contribution in [-0.4, -0.2) is 5.97 Å². The number of aliphatic carboxylic acids is 1. The number of hydrogen-bond donors (Lipinski definition) is 0. The van der Waals surface area contributed by atoms with Gasteiger partial charge in [0.15, 0.2) is 12.4 Å². The summed E-state index contributed by atoms with van der Waals surface area (Å²) < 4.78 is 2.16. The van der Waals surface area contributed by atoms with Crippen LogP contribution in [0, 0.1) is 6.92 Å². The monoisotopic (exact) mass is 181 g/mol. The average Bonchev–Trinajstić information content (AvgIpc) is 2.03. The van der Waals surface area contributed by atoms with Crippen molar-refractivity contribution in [3.63, 3.8) is 0 Å². The van der Waals surface area contributed by atoms with E-state index in [-0.39, 0.29) is 0 Å². The van der Waals surface area contributed by atoms with Crippen LogP contribution in [0.2, 0.25) is 0 Å². The summed E-state index contributed by atoms with van der Waals surface area (Å²) in [4.78, 5) is 8.89. The second kappa shape index (κ2) is 6.17. The zero-order valence-corrected chi connectivity index (χ0v) is 8.28. The Labute approximate surface area is 78.6 Å². The molecule has 0 aliphatic carbocycles. The summed E-state index contributed by atoms with van der Waals surface area (Å²) >= 11 is 0. The van der Waals surface area contributed by atoms with E-state index in [1.165, 1.54) is 5.56 Å². The molecule has 0 aromatic carbocycles. The standard InChI is InChI=1S/C8H12N.C2H4O2/c1-3-9-6-4-5-8(2)7-9;1-2(3)4/h4-7H,3H2,1-2H3;1H3,(H,3,4)/q+1;/p-1. The van der Waals surface area contributed by atoms with E-state index in [0.29, 0.717) is 0 Å². The van der Waals surface area contributed by atoms with E-state index in [1.807, 2.05) is 0 Å². The van der Waals surface area contributed by atoms with Gasteiger partial charge in [0.05, 0.1) is 0 Å². The molecule has 3 nitrogen and oxygen atoms in total. The van der Waals surface area contributed by atoms with Crippen molar-refractivity contribution in [2.75, 3.05) is 0 Å². The summed E-state index contributed by atoms with van der Waals surface area (Å²) in [7, 11) is 0. The lowest BCUT2D eigenvalue weighted by Gasteiger charge is -1.90. The van der Waals surface area contributed by atoms with Gasteiger partial charge in [-0.05, 0) is 26.8 Å². The number of rotatable bonds is 1. The Hall–Kier alpha value is -1.38. The molecule has 0 bridgehead atoms. The molecule has 1 rings (SSSR count). The summed E-state index contributed by atoms with van der Waals surface area (Å²) in [5, 5.41) is 8.89. The van der Waals surface area contributed by atoms with Crippen LogP contribution in [-0.2, 0) is 11.3 Å². The zero-order chi connectivity index (χ0) is 10.3. The molecule has 0 aliphatic heterocycles. The number of aromatic nitrogens is 1. The average molecular weight is 181 g/mol. The molecule has 0 spiro atoms. The fourth-order valence-electron chi connectivity index (χ4n) is 0.850. The van der Waals surface area contributed by atoms with E-state index in [1.54, 1.807) is 0 Å². The molecule has 3 heteroatoms. The van der Waals surface area contributed by atoms with Gasteiger partial charge in [0.2, 0.25) is 0 Å². The molecule has 0 radical (unpaired) electrons. The molecule has 1 aromatic rings. The molecule has 0 N–H and O–H groups in total. The van der Waals surface area contributed by atoms with E-state index in [0.717, 1.165) is 13.5 Å². The quantitative estimate of drug-likeness (QED) is 0.575. The maximum Gasteiger partial charge on any atom is 0.171 e. The third-order valence-corrected chi connectivity index (χ3v) is 1.37. The Morgan fingerprint density at radius 2 is 2.15 bits per heavy atom. The number of nitrogens with zero attached hydrogens (tertiary/aromatic N) is 1. The third-order valence-electron chi connectivity index (χ3n) is 1.37. The lowest BCUT2D eigenvalue weighted by atomic mass is 10.3. The summed E-state index contributed by atoms with van der Waals surface area (Å²) in [5.41, 5.74) is 1.32. The van der Waals surface area contributed by atoms with E-state index < -0.39 is 5.97 Å². The normalized spacial score (nSPS) is 8.54. The van der Waals surface area contributed by atoms with Crippen LogP contribution in [0.1, 0.15) is 19.4 Å². The van der Waals surface area contributed by atoms with Crippen LogP contribution in [0.25, 0.3) is 0 Å². The van der Waals surface area contributed by atoms with Gasteiger partial charge in [-0.25, -0.2) is 4.57 Å². The highest BCUT2D eigenvalue weighted by Crippen LogP contribution is 1.88. The summed E-state index contributed by atoms with van der Waals surface area (Å²) in [6.45, 7) is 6.27. The number of carbonyl (C=O) groups excluding carboxylic acids is 1. The topological polar surface area (TPSA) is 44.0 Å². The van der Waals surface area contributed by atoms with Gasteiger partial charge in [-0.15, -0.1) is 0 Å². The smallest absolute Gasteiger partial charge is 0.171 e. The second-order valence-electron chi connectivity index (χ2n) is 2.70. The van der Waals surface area contributed by atoms with Crippen LogP contribution >= 0.6 is 0 Å². The number of carbonyl (C=O) groups is 1. The molecular weight excluding hydrogens is 166 g/mol. The van der Waals surface area contributed by atoms with Gasteiger partial charge in [0.1, 0.15) is 6.54 Å². The molecule has 0 aliphatic rings. The van der Waals surface area contributed by atoms with Crippen LogP contribution in [0.15, 0.2) is 24.5 Å². The van der Waals surface area contributed by atoms with Crippen LogP contribution in [0.5, 0.6) is 0 Å². The van der Waals surface area contributed by atoms with Crippen molar-refractivity contribution in [1.82, 2.24) is 0 Å². The maximum absolute atomic E-state index is 8.89. The highest BCUT2D eigenvalue weighted by molar-refractivity contribution is 5.60. The Bertz CT molecular complexity index is 267. The fourth-order valence-corrected chi connectivity index (χ4v) is 0.850. The first-order valence-electron chi connectivity index (χ1n) is 4.19. The first kappa shape index (κ1) is 11.6. The number of aryl methyl sites for hydroxylation is 2. The van der Waals surface area contributed by atoms with Crippen molar-refractivity contribution in [2.24, 2.45) is 0 Å². The number of carboxylic acid groups (broad SMARTS) is 1. The summed E-state index contributed by atoms with van der Waals surface area (Å²) in [6.07, 6.45) is 4.22. The first-order chi connectivity index (χ1) is 6.06. The molecule has 0 saturated heterocycles. The Kier molecular flexibility index (Phi) is 5.52. The van der Waals surface area contributed by atoms with E-state index >= 15 is 0 Å². The van der Waals surface area contributed by atoms with Gasteiger partial charge in [-0.3, -0.25) is 0 Å². The van der Waals surface area contributed by atoms with E-state index in [2.05, 4.69) is 42.9 Å². The van der Waals surface area contributed by atoms with E-state index in [4.69, 9.17) is 9.90 Å². The van der Waals surface area contributed by atoms with Crippen molar-refractivity contribution >= 4 is 5.97 Å². The van der Waals surface area contributed by atoms with Crippen LogP contribution in [0.3, 0.4) is 0 Å². The van der Waals surface area contributed by atoms with Gasteiger partial charge in [0.25, 0.3) is 0 Å². The minimum atomic E-state index is -1.08. The summed E-state index contributed by atoms with van der Waals surface area (Å²) in [5.74, 6) is -1.08. The largest absolute Gasteiger partial charge is 0.550 e. The molecule has 13 heavy (non-hydrogen) atoms. The molecule has 0 unspecified atom stereocenters. The lowest BCUT2D eigenvalue weighted by Crippen LogP contribution is -2.30. The number of hydrogen-bond acceptors (Lipinski definition) is 2. The number of pyridine rings is 1. The Balaban J connectivity index is 0.000000310. The van der Waals surface area contributed by atoms with Crippen molar-refractivity contribution in [1.29, 1.82) is 0 Å². The SMILES string of the molecule is CC(=O)[O-].CC[n+]1cccc(C)c1. The second-order valence-corrected chi connectivity index (χ2v) is 2.70. The Morgan fingerprint density at radius 1 is 1.62 bits per heavy atom. The van der Waals surface area contributed by atoms with Gasteiger partial charge >= 0.3 is 0 Å². The minimum Gasteiger partial charge on any atom is -0.550 e. The van der Waals surface area contributed by atoms with E-state index in [9.17, 15) is 0 Å². The predicted octanol–water partition coefficient (Wildman–Crippen LogP) is 0.0586. The van der Waals surface area contributed by atoms with Crippen LogP contribution < -0.4 is 9.67 Å². The van der Waals surface area contributed by atoms with Gasteiger partial charge in [-0.2, -0.15) is 0 Å². The van der Waals surface area contributed by atoms with Crippen molar-refractivity contribution in [3.05, 3.63) is 30.1 Å². The molecule has 1 heterocycles. The van der Waals surface area contributed by atoms with Gasteiger partial charge in [0, 0.05) is 17.6 Å². The third kappa shape index (κ3) is 7.00. The fraction of sp³-hybridized carbons (Fsp3) is 0.400. The number of carboxylic acids is 1. The van der Waals surface area contributed by atoms with Crippen molar-refractivity contribution in [2.45, 2.75) is 27.3 Å². The van der Waals surface area contributed by atoms with Gasteiger partial charge in [-0.1, -0.05) is 0 Å². The van der Waals surface area contributed by atoms with Crippen LogP contribution in [0.4, 0.5) is 0 Å². The molecular formula is C10H15NO2. The van der Waals surface area contributed by atoms with Crippen molar-refractivity contribution < 1.29 is 14.5 Å². The minimum absolute atomic E-state index is 0.972. The lowest BCUT2D eigenvalue weighted by molar-refractivity contribution is -0.693. The highest BCUT2D eigenvalue weighted by atomic mass is 16.4. The van der Waals surface area contributed by atoms with Gasteiger partial charge < -0.3 is 9.90 Å². The Morgan fingerprint density at radius 3 is 2.46 bits per heavy atom. The molecule has 1 aromatic heterocycles. The molecule has 0 amide bonds. The molecule has 0 fully saturated rings. The molecule has 0 atom stereocenters. The zero-order valence-electron chi connectivity index (χ0n) is 8.28.